The van der Waals surface area contributed by atoms with Crippen LogP contribution in [0.2, 0.25) is 0 Å². The fraction of sp³-hybridized carbons (Fsp3) is 0.478. The zero-order chi connectivity index (χ0) is 21.8. The number of carbonyl (C=O) groups is 2. The van der Waals surface area contributed by atoms with E-state index < -0.39 is 0 Å². The van der Waals surface area contributed by atoms with Crippen LogP contribution in [0.3, 0.4) is 0 Å². The van der Waals surface area contributed by atoms with Crippen LogP contribution in [0.25, 0.3) is 0 Å². The normalized spacial score (nSPS) is 13.6. The van der Waals surface area contributed by atoms with Crippen molar-refractivity contribution in [3.05, 3.63) is 46.3 Å². The van der Waals surface area contributed by atoms with Crippen LogP contribution in [0.15, 0.2) is 18.2 Å². The number of hydrogen-bond donors (Lipinski definition) is 1. The summed E-state index contributed by atoms with van der Waals surface area (Å²) < 4.78 is 18.3. The Hall–Kier alpha value is -2.96. The van der Waals surface area contributed by atoms with Gasteiger partial charge in [0.1, 0.15) is 13.2 Å². The molecule has 3 rings (SSSR count). The SMILES string of the molecule is CCOC(=O)c1c(C)c(CCC(=O)N[C@@H](C)c2ccc3c(c2)OCCO3)n(C)c1C. The predicted octanol–water partition coefficient (Wildman–Crippen LogP) is 3.40. The highest BCUT2D eigenvalue weighted by molar-refractivity contribution is 5.93. The van der Waals surface area contributed by atoms with Gasteiger partial charge in [-0.05, 0) is 57.4 Å². The van der Waals surface area contributed by atoms with Gasteiger partial charge in [-0.3, -0.25) is 4.79 Å². The summed E-state index contributed by atoms with van der Waals surface area (Å²) >= 11 is 0. The molecule has 1 atom stereocenters. The second-order valence-corrected chi connectivity index (χ2v) is 7.50. The minimum Gasteiger partial charge on any atom is -0.486 e. The molecular weight excluding hydrogens is 384 g/mol. The van der Waals surface area contributed by atoms with Crippen molar-refractivity contribution < 1.29 is 23.8 Å². The first-order valence-corrected chi connectivity index (χ1v) is 10.3. The van der Waals surface area contributed by atoms with Crippen LogP contribution in [0.5, 0.6) is 11.5 Å². The summed E-state index contributed by atoms with van der Waals surface area (Å²) in [6.07, 6.45) is 0.873. The van der Waals surface area contributed by atoms with E-state index in [1.807, 2.05) is 50.6 Å². The lowest BCUT2D eigenvalue weighted by Gasteiger charge is -2.21. The molecule has 0 saturated heterocycles. The van der Waals surface area contributed by atoms with Crippen molar-refractivity contribution in [3.8, 4) is 11.5 Å². The average Bonchev–Trinajstić information content (AvgIpc) is 2.94. The predicted molar refractivity (Wildman–Crippen MR) is 113 cm³/mol. The molecule has 2 aromatic rings. The number of fused-ring (bicyclic) bond motifs is 1. The quantitative estimate of drug-likeness (QED) is 0.703. The van der Waals surface area contributed by atoms with E-state index in [2.05, 4.69) is 5.32 Å². The standard InChI is InChI=1S/C23H30N2O5/c1-6-28-23(27)22-14(2)18(25(5)16(22)4)8-10-21(26)24-15(3)17-7-9-19-20(13-17)30-12-11-29-19/h7,9,13,15H,6,8,10-12H2,1-5H3,(H,24,26)/t15-/m0/s1. The number of amides is 1. The molecule has 1 aliphatic rings. The molecule has 0 radical (unpaired) electrons. The molecule has 2 heterocycles. The molecule has 0 aliphatic carbocycles. The summed E-state index contributed by atoms with van der Waals surface area (Å²) in [6, 6.07) is 5.57. The largest absolute Gasteiger partial charge is 0.486 e. The van der Waals surface area contributed by atoms with Gasteiger partial charge in [-0.15, -0.1) is 0 Å². The summed E-state index contributed by atoms with van der Waals surface area (Å²) in [7, 11) is 1.91. The maximum absolute atomic E-state index is 12.6. The number of nitrogens with one attached hydrogen (secondary N) is 1. The molecule has 162 valence electrons. The molecule has 0 fully saturated rings. The van der Waals surface area contributed by atoms with Crippen LogP contribution in [0.4, 0.5) is 0 Å². The Kier molecular flexibility index (Phi) is 6.70. The molecule has 0 bridgehead atoms. The molecule has 1 amide bonds. The summed E-state index contributed by atoms with van der Waals surface area (Å²) in [4.78, 5) is 24.8. The smallest absolute Gasteiger partial charge is 0.340 e. The van der Waals surface area contributed by atoms with E-state index in [0.717, 1.165) is 28.3 Å². The zero-order valence-electron chi connectivity index (χ0n) is 18.3. The monoisotopic (exact) mass is 414 g/mol. The van der Waals surface area contributed by atoms with Gasteiger partial charge in [-0.2, -0.15) is 0 Å². The fourth-order valence-corrected chi connectivity index (χ4v) is 3.85. The Morgan fingerprint density at radius 1 is 1.20 bits per heavy atom. The molecule has 1 aromatic heterocycles. The molecule has 0 saturated carbocycles. The van der Waals surface area contributed by atoms with E-state index in [-0.39, 0.29) is 17.9 Å². The van der Waals surface area contributed by atoms with Crippen molar-refractivity contribution in [1.29, 1.82) is 0 Å². The van der Waals surface area contributed by atoms with E-state index in [1.54, 1.807) is 6.92 Å². The molecule has 1 aliphatic heterocycles. The van der Waals surface area contributed by atoms with Gasteiger partial charge in [0, 0.05) is 24.9 Å². The van der Waals surface area contributed by atoms with Crippen LogP contribution < -0.4 is 14.8 Å². The number of esters is 1. The highest BCUT2D eigenvalue weighted by Gasteiger charge is 2.22. The van der Waals surface area contributed by atoms with Crippen LogP contribution in [0.1, 0.15) is 59.2 Å². The summed E-state index contributed by atoms with van der Waals surface area (Å²) in [5.74, 6) is 1.08. The summed E-state index contributed by atoms with van der Waals surface area (Å²) in [6.45, 7) is 8.95. The van der Waals surface area contributed by atoms with Gasteiger partial charge < -0.3 is 24.1 Å². The molecule has 7 heteroatoms. The number of hydrogen-bond acceptors (Lipinski definition) is 5. The van der Waals surface area contributed by atoms with Gasteiger partial charge in [0.15, 0.2) is 11.5 Å². The second kappa shape index (κ2) is 9.24. The fourth-order valence-electron chi connectivity index (χ4n) is 3.85. The van der Waals surface area contributed by atoms with Crippen LogP contribution in [-0.4, -0.2) is 36.3 Å². The zero-order valence-corrected chi connectivity index (χ0v) is 18.3. The Balaban J connectivity index is 1.63. The molecule has 30 heavy (non-hydrogen) atoms. The van der Waals surface area contributed by atoms with Crippen molar-refractivity contribution in [2.45, 2.75) is 46.6 Å². The highest BCUT2D eigenvalue weighted by atomic mass is 16.6. The van der Waals surface area contributed by atoms with Gasteiger partial charge >= 0.3 is 5.97 Å². The van der Waals surface area contributed by atoms with Gasteiger partial charge in [0.2, 0.25) is 5.91 Å². The maximum Gasteiger partial charge on any atom is 0.340 e. The number of rotatable bonds is 7. The van der Waals surface area contributed by atoms with Gasteiger partial charge in [0.25, 0.3) is 0 Å². The van der Waals surface area contributed by atoms with Crippen molar-refractivity contribution >= 4 is 11.9 Å². The molecular formula is C23H30N2O5. The van der Waals surface area contributed by atoms with Crippen molar-refractivity contribution in [2.24, 2.45) is 7.05 Å². The minimum absolute atomic E-state index is 0.0478. The first-order chi connectivity index (χ1) is 14.3. The topological polar surface area (TPSA) is 78.8 Å². The lowest BCUT2D eigenvalue weighted by molar-refractivity contribution is -0.121. The van der Waals surface area contributed by atoms with E-state index in [0.29, 0.717) is 44.0 Å². The van der Waals surface area contributed by atoms with Crippen molar-refractivity contribution in [2.75, 3.05) is 19.8 Å². The van der Waals surface area contributed by atoms with Gasteiger partial charge in [-0.25, -0.2) is 4.79 Å². The van der Waals surface area contributed by atoms with Crippen molar-refractivity contribution in [1.82, 2.24) is 9.88 Å². The Morgan fingerprint density at radius 3 is 2.60 bits per heavy atom. The van der Waals surface area contributed by atoms with E-state index >= 15 is 0 Å². The third-order valence-electron chi connectivity index (χ3n) is 5.59. The second-order valence-electron chi connectivity index (χ2n) is 7.50. The first kappa shape index (κ1) is 21.7. The number of benzene rings is 1. The third kappa shape index (κ3) is 4.45. The van der Waals surface area contributed by atoms with Crippen LogP contribution >= 0.6 is 0 Å². The Bertz CT molecular complexity index is 948. The lowest BCUT2D eigenvalue weighted by Crippen LogP contribution is -2.27. The molecule has 0 unspecified atom stereocenters. The first-order valence-electron chi connectivity index (χ1n) is 10.3. The highest BCUT2D eigenvalue weighted by Crippen LogP contribution is 2.32. The Morgan fingerprint density at radius 2 is 1.90 bits per heavy atom. The average molecular weight is 415 g/mol. The van der Waals surface area contributed by atoms with Gasteiger partial charge in [-0.1, -0.05) is 6.07 Å². The van der Waals surface area contributed by atoms with E-state index in [1.165, 1.54) is 0 Å². The molecule has 1 N–H and O–H groups in total. The van der Waals surface area contributed by atoms with Crippen molar-refractivity contribution in [3.63, 3.8) is 0 Å². The molecule has 7 nitrogen and oxygen atoms in total. The van der Waals surface area contributed by atoms with Crippen LogP contribution in [-0.2, 0) is 23.0 Å². The minimum atomic E-state index is -0.314. The lowest BCUT2D eigenvalue weighted by atomic mass is 10.1. The third-order valence-corrected chi connectivity index (χ3v) is 5.59. The summed E-state index contributed by atoms with van der Waals surface area (Å²) in [5, 5.41) is 3.04. The van der Waals surface area contributed by atoms with E-state index in [9.17, 15) is 9.59 Å². The number of ether oxygens (including phenoxy) is 3. The Labute approximate surface area is 177 Å². The van der Waals surface area contributed by atoms with Gasteiger partial charge in [0.05, 0.1) is 18.2 Å². The number of aromatic nitrogens is 1. The van der Waals surface area contributed by atoms with E-state index in [4.69, 9.17) is 14.2 Å². The number of nitrogens with zero attached hydrogens (tertiary/aromatic N) is 1. The van der Waals surface area contributed by atoms with Crippen LogP contribution in [0, 0.1) is 13.8 Å². The molecule has 1 aromatic carbocycles. The summed E-state index contributed by atoms with van der Waals surface area (Å²) in [5.41, 5.74) is 4.26. The number of carbonyl (C=O) groups excluding carboxylic acids is 2. The maximum atomic E-state index is 12.6. The molecule has 0 spiro atoms.